The zero-order valence-electron chi connectivity index (χ0n) is 11.6. The molecule has 3 N–H and O–H groups in total. The Morgan fingerprint density at radius 1 is 1.53 bits per heavy atom. The molecule has 0 radical (unpaired) electrons. The number of nitrogen functional groups attached to an aromatic ring is 1. The maximum Gasteiger partial charge on any atom is 0.407 e. The van der Waals surface area contributed by atoms with E-state index < -0.39 is 11.7 Å². The van der Waals surface area contributed by atoms with E-state index in [0.717, 1.165) is 5.56 Å². The maximum atomic E-state index is 11.4. The molecule has 1 aromatic heterocycles. The van der Waals surface area contributed by atoms with E-state index in [2.05, 4.69) is 10.3 Å². The quantitative estimate of drug-likeness (QED) is 0.818. The number of hydrogen-bond acceptors (Lipinski definition) is 4. The largest absolute Gasteiger partial charge is 0.444 e. The number of alkyl carbamates (subject to hydrolysis) is 1. The highest BCUT2D eigenvalue weighted by molar-refractivity contribution is 5.67. The number of ether oxygens (including phenoxy) is 1. The number of rotatable bonds is 4. The Morgan fingerprint density at radius 3 is 2.89 bits per heavy atom. The summed E-state index contributed by atoms with van der Waals surface area (Å²) in [7, 11) is 0. The fourth-order valence-corrected chi connectivity index (χ4v) is 1.35. The second-order valence-electron chi connectivity index (χ2n) is 5.10. The van der Waals surface area contributed by atoms with Gasteiger partial charge < -0.3 is 15.8 Å². The highest BCUT2D eigenvalue weighted by Gasteiger charge is 2.15. The zero-order valence-corrected chi connectivity index (χ0v) is 11.6. The summed E-state index contributed by atoms with van der Waals surface area (Å²) >= 11 is 0. The fraction of sp³-hybridized carbons (Fsp3) is 0.429. The number of aromatic nitrogens is 1. The highest BCUT2D eigenvalue weighted by atomic mass is 16.6. The number of carbonyl (C=O) groups excluding carboxylic acids is 1. The maximum absolute atomic E-state index is 11.4. The van der Waals surface area contributed by atoms with Crippen LogP contribution in [0.5, 0.6) is 0 Å². The van der Waals surface area contributed by atoms with Crippen molar-refractivity contribution in [1.29, 1.82) is 0 Å². The molecule has 0 saturated heterocycles. The van der Waals surface area contributed by atoms with Crippen molar-refractivity contribution < 1.29 is 9.53 Å². The summed E-state index contributed by atoms with van der Waals surface area (Å²) in [5, 5.41) is 2.68. The molecule has 5 nitrogen and oxygen atoms in total. The van der Waals surface area contributed by atoms with E-state index in [4.69, 9.17) is 10.5 Å². The van der Waals surface area contributed by atoms with Gasteiger partial charge in [-0.25, -0.2) is 9.78 Å². The van der Waals surface area contributed by atoms with Crippen LogP contribution in [0.1, 0.15) is 32.8 Å². The predicted molar refractivity (Wildman–Crippen MR) is 76.5 cm³/mol. The SMILES string of the molecule is CC(C)(C)OC(=O)NCCC=Cc1cccnc1N. The van der Waals surface area contributed by atoms with Gasteiger partial charge in [0.15, 0.2) is 0 Å². The van der Waals surface area contributed by atoms with Crippen molar-refractivity contribution in [3.05, 3.63) is 30.0 Å². The molecule has 0 spiro atoms. The van der Waals surface area contributed by atoms with Crippen molar-refractivity contribution in [2.75, 3.05) is 12.3 Å². The van der Waals surface area contributed by atoms with Crippen LogP contribution in [0.2, 0.25) is 0 Å². The smallest absolute Gasteiger partial charge is 0.407 e. The zero-order chi connectivity index (χ0) is 14.3. The van der Waals surface area contributed by atoms with Gasteiger partial charge in [0.25, 0.3) is 0 Å². The Morgan fingerprint density at radius 2 is 2.26 bits per heavy atom. The van der Waals surface area contributed by atoms with Crippen LogP contribution in [-0.2, 0) is 4.74 Å². The van der Waals surface area contributed by atoms with E-state index in [1.54, 1.807) is 6.20 Å². The molecule has 0 aliphatic heterocycles. The van der Waals surface area contributed by atoms with Gasteiger partial charge in [-0.15, -0.1) is 0 Å². The molecule has 0 aliphatic rings. The van der Waals surface area contributed by atoms with E-state index in [9.17, 15) is 4.79 Å². The molecule has 0 fully saturated rings. The van der Waals surface area contributed by atoms with E-state index in [1.165, 1.54) is 0 Å². The summed E-state index contributed by atoms with van der Waals surface area (Å²) in [6.07, 6.45) is 5.77. The molecule has 5 heteroatoms. The predicted octanol–water partition coefficient (Wildman–Crippen LogP) is 2.59. The Labute approximate surface area is 113 Å². The van der Waals surface area contributed by atoms with E-state index in [0.29, 0.717) is 18.8 Å². The van der Waals surface area contributed by atoms with Crippen molar-refractivity contribution in [3.63, 3.8) is 0 Å². The average molecular weight is 263 g/mol. The molecule has 0 unspecified atom stereocenters. The second kappa shape index (κ2) is 6.78. The Kier molecular flexibility index (Phi) is 5.36. The van der Waals surface area contributed by atoms with Crippen molar-refractivity contribution in [2.24, 2.45) is 0 Å². The lowest BCUT2D eigenvalue weighted by Gasteiger charge is -2.19. The summed E-state index contributed by atoms with van der Waals surface area (Å²) < 4.78 is 5.12. The third-order valence-electron chi connectivity index (χ3n) is 2.15. The first-order chi connectivity index (χ1) is 8.88. The number of pyridine rings is 1. The van der Waals surface area contributed by atoms with Gasteiger partial charge in [0, 0.05) is 18.3 Å². The number of nitrogens with one attached hydrogen (secondary N) is 1. The van der Waals surface area contributed by atoms with Gasteiger partial charge in [-0.05, 0) is 39.3 Å². The minimum absolute atomic E-state index is 0.401. The normalized spacial score (nSPS) is 11.5. The fourth-order valence-electron chi connectivity index (χ4n) is 1.35. The van der Waals surface area contributed by atoms with Crippen LogP contribution >= 0.6 is 0 Å². The van der Waals surface area contributed by atoms with Crippen LogP contribution in [0.3, 0.4) is 0 Å². The molecule has 104 valence electrons. The Bertz CT molecular complexity index is 450. The molecule has 0 atom stereocenters. The molecule has 1 aromatic rings. The molecule has 0 bridgehead atoms. The van der Waals surface area contributed by atoms with Crippen LogP contribution in [0, 0.1) is 0 Å². The topological polar surface area (TPSA) is 77.2 Å². The van der Waals surface area contributed by atoms with Crippen LogP contribution < -0.4 is 11.1 Å². The summed E-state index contributed by atoms with van der Waals surface area (Å²) in [6, 6.07) is 3.72. The number of nitrogens with zero attached hydrogens (tertiary/aromatic N) is 1. The molecule has 0 aromatic carbocycles. The molecule has 1 amide bonds. The molecular formula is C14H21N3O2. The average Bonchev–Trinajstić information content (AvgIpc) is 2.28. The molecule has 1 rings (SSSR count). The van der Waals surface area contributed by atoms with Crippen molar-refractivity contribution in [3.8, 4) is 0 Å². The lowest BCUT2D eigenvalue weighted by Crippen LogP contribution is -2.32. The second-order valence-corrected chi connectivity index (χ2v) is 5.10. The third-order valence-corrected chi connectivity index (χ3v) is 2.15. The van der Waals surface area contributed by atoms with Gasteiger partial charge in [-0.1, -0.05) is 12.2 Å². The van der Waals surface area contributed by atoms with E-state index in [-0.39, 0.29) is 0 Å². The third kappa shape index (κ3) is 6.45. The van der Waals surface area contributed by atoms with Gasteiger partial charge in [0.2, 0.25) is 0 Å². The van der Waals surface area contributed by atoms with E-state index >= 15 is 0 Å². The summed E-state index contributed by atoms with van der Waals surface area (Å²) in [6.45, 7) is 6.01. The summed E-state index contributed by atoms with van der Waals surface area (Å²) in [5.74, 6) is 0.499. The van der Waals surface area contributed by atoms with Crippen LogP contribution in [-0.4, -0.2) is 23.2 Å². The highest BCUT2D eigenvalue weighted by Crippen LogP contribution is 2.09. The number of nitrogens with two attached hydrogens (primary N) is 1. The van der Waals surface area contributed by atoms with Gasteiger partial charge in [0.05, 0.1) is 0 Å². The molecule has 0 aliphatic carbocycles. The monoisotopic (exact) mass is 263 g/mol. The molecule has 0 saturated carbocycles. The van der Waals surface area contributed by atoms with Gasteiger partial charge in [-0.2, -0.15) is 0 Å². The Balaban J connectivity index is 2.28. The van der Waals surface area contributed by atoms with Gasteiger partial charge in [-0.3, -0.25) is 0 Å². The minimum atomic E-state index is -0.468. The summed E-state index contributed by atoms with van der Waals surface area (Å²) in [5.41, 5.74) is 6.11. The molecular weight excluding hydrogens is 242 g/mol. The first-order valence-corrected chi connectivity index (χ1v) is 6.22. The standard InChI is InChI=1S/C14H21N3O2/c1-14(2,3)19-13(18)17-9-5-4-7-11-8-6-10-16-12(11)15/h4,6-8,10H,5,9H2,1-3H3,(H2,15,16)(H,17,18). The van der Waals surface area contributed by atoms with Crippen LogP contribution in [0.15, 0.2) is 24.4 Å². The van der Waals surface area contributed by atoms with Crippen LogP contribution in [0.25, 0.3) is 6.08 Å². The van der Waals surface area contributed by atoms with Crippen molar-refractivity contribution in [2.45, 2.75) is 32.8 Å². The molecule has 19 heavy (non-hydrogen) atoms. The Hall–Kier alpha value is -2.04. The minimum Gasteiger partial charge on any atom is -0.444 e. The lowest BCUT2D eigenvalue weighted by molar-refractivity contribution is 0.0529. The lowest BCUT2D eigenvalue weighted by atomic mass is 10.2. The molecule has 1 heterocycles. The first-order valence-electron chi connectivity index (χ1n) is 6.22. The van der Waals surface area contributed by atoms with Gasteiger partial charge in [0.1, 0.15) is 11.4 Å². The van der Waals surface area contributed by atoms with Crippen molar-refractivity contribution >= 4 is 18.0 Å². The number of anilines is 1. The summed E-state index contributed by atoms with van der Waals surface area (Å²) in [4.78, 5) is 15.3. The van der Waals surface area contributed by atoms with E-state index in [1.807, 2.05) is 45.1 Å². The first kappa shape index (κ1) is 15.0. The number of hydrogen-bond donors (Lipinski definition) is 2. The number of amides is 1. The van der Waals surface area contributed by atoms with Gasteiger partial charge >= 0.3 is 6.09 Å². The number of carbonyl (C=O) groups is 1. The van der Waals surface area contributed by atoms with Crippen molar-refractivity contribution in [1.82, 2.24) is 10.3 Å². The van der Waals surface area contributed by atoms with Crippen LogP contribution in [0.4, 0.5) is 10.6 Å².